The number of rotatable bonds is 3. The molecule has 0 aliphatic heterocycles. The van der Waals surface area contributed by atoms with Gasteiger partial charge in [0, 0.05) is 21.0 Å². The van der Waals surface area contributed by atoms with E-state index in [2.05, 4.69) is 57.8 Å². The molecule has 0 aliphatic rings. The summed E-state index contributed by atoms with van der Waals surface area (Å²) in [5, 5.41) is 0. The van der Waals surface area contributed by atoms with Crippen molar-refractivity contribution < 1.29 is 0 Å². The van der Waals surface area contributed by atoms with Crippen molar-refractivity contribution in [3.05, 3.63) is 67.6 Å². The fraction of sp³-hybridized carbons (Fsp3) is 0.250. The maximum absolute atomic E-state index is 6.32. The highest BCUT2D eigenvalue weighted by atomic mass is 79.9. The van der Waals surface area contributed by atoms with E-state index in [1.165, 1.54) is 11.1 Å². The van der Waals surface area contributed by atoms with Crippen LogP contribution in [0, 0.1) is 13.8 Å². The predicted octanol–water partition coefficient (Wildman–Crippen LogP) is 4.53. The molecular weight excluding hydrogens is 380 g/mol. The summed E-state index contributed by atoms with van der Waals surface area (Å²) in [5.74, 6) is 0. The molecule has 20 heavy (non-hydrogen) atoms. The van der Waals surface area contributed by atoms with Gasteiger partial charge in [0.25, 0.3) is 0 Å². The van der Waals surface area contributed by atoms with Gasteiger partial charge in [-0.05, 0) is 48.2 Å². The van der Waals surface area contributed by atoms with Crippen LogP contribution < -0.4 is 11.5 Å². The zero-order valence-electron chi connectivity index (χ0n) is 11.5. The normalized spacial score (nSPS) is 14.1. The zero-order valence-corrected chi connectivity index (χ0v) is 14.7. The molecule has 0 fully saturated rings. The number of halogens is 2. The lowest BCUT2D eigenvalue weighted by Gasteiger charge is -2.22. The number of hydrogen-bond donors (Lipinski definition) is 2. The van der Waals surface area contributed by atoms with E-state index >= 15 is 0 Å². The average molecular weight is 398 g/mol. The highest BCUT2D eigenvalue weighted by Gasteiger charge is 2.18. The molecule has 0 bridgehead atoms. The van der Waals surface area contributed by atoms with Crippen molar-refractivity contribution in [1.82, 2.24) is 0 Å². The molecule has 2 atom stereocenters. The molecule has 0 spiro atoms. The summed E-state index contributed by atoms with van der Waals surface area (Å²) >= 11 is 7.07. The molecule has 2 aromatic rings. The first-order valence-corrected chi connectivity index (χ1v) is 8.02. The van der Waals surface area contributed by atoms with Crippen LogP contribution in [0.25, 0.3) is 0 Å². The summed E-state index contributed by atoms with van der Waals surface area (Å²) in [7, 11) is 0. The quantitative estimate of drug-likeness (QED) is 0.799. The van der Waals surface area contributed by atoms with Crippen molar-refractivity contribution in [3.63, 3.8) is 0 Å². The second kappa shape index (κ2) is 6.39. The van der Waals surface area contributed by atoms with Crippen molar-refractivity contribution in [2.75, 3.05) is 0 Å². The van der Waals surface area contributed by atoms with Crippen molar-refractivity contribution in [1.29, 1.82) is 0 Å². The van der Waals surface area contributed by atoms with Gasteiger partial charge < -0.3 is 11.5 Å². The Labute approximate surface area is 136 Å². The molecule has 2 rings (SSSR count). The van der Waals surface area contributed by atoms with E-state index < -0.39 is 0 Å². The molecule has 2 unspecified atom stereocenters. The monoisotopic (exact) mass is 396 g/mol. The molecule has 0 aromatic heterocycles. The lowest BCUT2D eigenvalue weighted by atomic mass is 9.94. The van der Waals surface area contributed by atoms with E-state index in [0.29, 0.717) is 0 Å². The molecule has 0 radical (unpaired) electrons. The van der Waals surface area contributed by atoms with Gasteiger partial charge in [0.05, 0.1) is 0 Å². The van der Waals surface area contributed by atoms with E-state index in [1.54, 1.807) is 0 Å². The lowest BCUT2D eigenvalue weighted by Crippen LogP contribution is -2.26. The standard InChI is InChI=1S/C16H18Br2N2/c1-9-3-5-11(7-13(9)17)15(19)16(20)12-6-4-10(2)14(18)8-12/h3-8,15-16H,19-20H2,1-2H3. The summed E-state index contributed by atoms with van der Waals surface area (Å²) in [4.78, 5) is 0. The predicted molar refractivity (Wildman–Crippen MR) is 91.6 cm³/mol. The Kier molecular flexibility index (Phi) is 5.02. The summed E-state index contributed by atoms with van der Waals surface area (Å²) in [6, 6.07) is 11.8. The molecule has 0 aliphatic carbocycles. The first-order chi connectivity index (χ1) is 9.40. The highest BCUT2D eigenvalue weighted by molar-refractivity contribution is 9.10. The maximum Gasteiger partial charge on any atom is 0.0491 e. The molecule has 0 saturated heterocycles. The van der Waals surface area contributed by atoms with Gasteiger partial charge in [0.15, 0.2) is 0 Å². The van der Waals surface area contributed by atoms with Gasteiger partial charge in [-0.1, -0.05) is 56.1 Å². The Bertz CT molecular complexity index is 570. The lowest BCUT2D eigenvalue weighted by molar-refractivity contribution is 0.573. The summed E-state index contributed by atoms with van der Waals surface area (Å²) in [6.45, 7) is 4.10. The van der Waals surface area contributed by atoms with Gasteiger partial charge in [0.1, 0.15) is 0 Å². The molecule has 0 amide bonds. The molecular formula is C16H18Br2N2. The van der Waals surface area contributed by atoms with Gasteiger partial charge >= 0.3 is 0 Å². The molecule has 0 heterocycles. The Morgan fingerprint density at radius 3 is 1.40 bits per heavy atom. The summed E-state index contributed by atoms with van der Waals surface area (Å²) < 4.78 is 2.12. The van der Waals surface area contributed by atoms with Crippen LogP contribution in [0.1, 0.15) is 34.3 Å². The number of benzene rings is 2. The second-order valence-corrected chi connectivity index (χ2v) is 6.78. The van der Waals surface area contributed by atoms with E-state index in [4.69, 9.17) is 11.5 Å². The van der Waals surface area contributed by atoms with E-state index in [0.717, 1.165) is 20.1 Å². The van der Waals surface area contributed by atoms with Gasteiger partial charge in [-0.25, -0.2) is 0 Å². The third-order valence-corrected chi connectivity index (χ3v) is 5.26. The van der Waals surface area contributed by atoms with Gasteiger partial charge in [-0.2, -0.15) is 0 Å². The minimum absolute atomic E-state index is 0.235. The number of hydrogen-bond acceptors (Lipinski definition) is 2. The Morgan fingerprint density at radius 1 is 0.750 bits per heavy atom. The van der Waals surface area contributed by atoms with E-state index in [1.807, 2.05) is 24.3 Å². The largest absolute Gasteiger partial charge is 0.322 e. The topological polar surface area (TPSA) is 52.0 Å². The Morgan fingerprint density at radius 2 is 1.10 bits per heavy atom. The van der Waals surface area contributed by atoms with Crippen LogP contribution in [-0.4, -0.2) is 0 Å². The van der Waals surface area contributed by atoms with Crippen molar-refractivity contribution in [2.45, 2.75) is 25.9 Å². The van der Waals surface area contributed by atoms with E-state index in [9.17, 15) is 0 Å². The van der Waals surface area contributed by atoms with Crippen LogP contribution in [0.2, 0.25) is 0 Å². The molecule has 4 heteroatoms. The van der Waals surface area contributed by atoms with Crippen molar-refractivity contribution in [3.8, 4) is 0 Å². The smallest absolute Gasteiger partial charge is 0.0491 e. The minimum atomic E-state index is -0.235. The molecule has 2 nitrogen and oxygen atoms in total. The third kappa shape index (κ3) is 3.31. The number of nitrogens with two attached hydrogens (primary N) is 2. The SMILES string of the molecule is Cc1ccc(C(N)C(N)c2ccc(C)c(Br)c2)cc1Br. The van der Waals surface area contributed by atoms with Crippen molar-refractivity contribution >= 4 is 31.9 Å². The average Bonchev–Trinajstić information content (AvgIpc) is 2.43. The zero-order chi connectivity index (χ0) is 14.9. The van der Waals surface area contributed by atoms with Crippen molar-refractivity contribution in [2.24, 2.45) is 11.5 Å². The Balaban J connectivity index is 2.29. The molecule has 4 N–H and O–H groups in total. The fourth-order valence-electron chi connectivity index (χ4n) is 2.05. The summed E-state index contributed by atoms with van der Waals surface area (Å²) in [6.07, 6.45) is 0. The van der Waals surface area contributed by atoms with Gasteiger partial charge in [0.2, 0.25) is 0 Å². The van der Waals surface area contributed by atoms with Gasteiger partial charge in [-0.15, -0.1) is 0 Å². The highest BCUT2D eigenvalue weighted by Crippen LogP contribution is 2.29. The molecule has 0 saturated carbocycles. The van der Waals surface area contributed by atoms with Gasteiger partial charge in [-0.3, -0.25) is 0 Å². The first kappa shape index (κ1) is 15.7. The van der Waals surface area contributed by atoms with Crippen LogP contribution in [0.4, 0.5) is 0 Å². The third-order valence-electron chi connectivity index (χ3n) is 3.55. The maximum atomic E-state index is 6.32. The minimum Gasteiger partial charge on any atom is -0.322 e. The number of aryl methyl sites for hydroxylation is 2. The fourth-order valence-corrected chi connectivity index (χ4v) is 2.84. The molecule has 106 valence electrons. The van der Waals surface area contributed by atoms with Crippen LogP contribution >= 0.6 is 31.9 Å². The molecule has 2 aromatic carbocycles. The van der Waals surface area contributed by atoms with Crippen LogP contribution in [0.15, 0.2) is 45.3 Å². The van der Waals surface area contributed by atoms with E-state index in [-0.39, 0.29) is 12.1 Å². The second-order valence-electron chi connectivity index (χ2n) is 5.07. The van der Waals surface area contributed by atoms with Crippen LogP contribution in [0.3, 0.4) is 0 Å². The van der Waals surface area contributed by atoms with Crippen LogP contribution in [-0.2, 0) is 0 Å². The summed E-state index contributed by atoms with van der Waals surface area (Å²) in [5.41, 5.74) is 17.1. The first-order valence-electron chi connectivity index (χ1n) is 6.43. The Hall–Kier alpha value is -0.680. The van der Waals surface area contributed by atoms with Crippen LogP contribution in [0.5, 0.6) is 0 Å².